The van der Waals surface area contributed by atoms with Crippen molar-refractivity contribution in [2.75, 3.05) is 0 Å². The third-order valence-corrected chi connectivity index (χ3v) is 2.38. The average Bonchev–Trinajstić information content (AvgIpc) is 2.30. The van der Waals surface area contributed by atoms with Crippen LogP contribution in [-0.2, 0) is 0 Å². The number of rotatable bonds is 0. The Bertz CT molecular complexity index is 700. The van der Waals surface area contributed by atoms with Crippen LogP contribution in [0.1, 0.15) is 0 Å². The number of pyridine rings is 1. The van der Waals surface area contributed by atoms with E-state index in [1.165, 1.54) is 0 Å². The van der Waals surface area contributed by atoms with E-state index in [1.54, 1.807) is 12.3 Å². The van der Waals surface area contributed by atoms with E-state index in [1.807, 2.05) is 30.3 Å². The number of fused-ring (bicyclic) bond motifs is 3. The maximum absolute atomic E-state index is 11.6. The van der Waals surface area contributed by atoms with Gasteiger partial charge >= 0.3 is 5.63 Å². The fourth-order valence-electron chi connectivity index (χ4n) is 1.71. The lowest BCUT2D eigenvalue weighted by Crippen LogP contribution is -2.01. The first kappa shape index (κ1) is 8.17. The number of nitrogens with zero attached hydrogens (tertiary/aromatic N) is 1. The fraction of sp³-hybridized carbons (Fsp3) is 0. The summed E-state index contributed by atoms with van der Waals surface area (Å²) >= 11 is 0. The molecule has 0 amide bonds. The standard InChI is InChI=1S/C12H7NO2/c14-12-11-9(5-3-7-13-11)8-4-1-2-6-10(8)15-12/h1-7H. The Morgan fingerprint density at radius 2 is 1.80 bits per heavy atom. The molecule has 2 aromatic heterocycles. The lowest BCUT2D eigenvalue weighted by Gasteiger charge is -1.99. The Balaban J connectivity index is 2.70. The molecule has 0 atom stereocenters. The molecule has 3 rings (SSSR count). The van der Waals surface area contributed by atoms with Gasteiger partial charge in [0, 0.05) is 17.0 Å². The van der Waals surface area contributed by atoms with Gasteiger partial charge < -0.3 is 4.42 Å². The minimum Gasteiger partial charge on any atom is -0.421 e. The normalized spacial score (nSPS) is 10.9. The van der Waals surface area contributed by atoms with Crippen molar-refractivity contribution in [1.82, 2.24) is 4.98 Å². The van der Waals surface area contributed by atoms with E-state index in [2.05, 4.69) is 4.98 Å². The fourth-order valence-corrected chi connectivity index (χ4v) is 1.71. The molecule has 0 radical (unpaired) electrons. The highest BCUT2D eigenvalue weighted by Gasteiger charge is 2.05. The Morgan fingerprint density at radius 1 is 1.00 bits per heavy atom. The molecule has 1 aromatic carbocycles. The van der Waals surface area contributed by atoms with Gasteiger partial charge in [-0.3, -0.25) is 0 Å². The zero-order valence-electron chi connectivity index (χ0n) is 7.81. The summed E-state index contributed by atoms with van der Waals surface area (Å²) in [7, 11) is 0. The summed E-state index contributed by atoms with van der Waals surface area (Å²) in [5.74, 6) is 0. The Hall–Kier alpha value is -2.16. The van der Waals surface area contributed by atoms with E-state index in [-0.39, 0.29) is 5.63 Å². The number of aromatic nitrogens is 1. The summed E-state index contributed by atoms with van der Waals surface area (Å²) < 4.78 is 5.16. The largest absolute Gasteiger partial charge is 0.421 e. The smallest absolute Gasteiger partial charge is 0.362 e. The van der Waals surface area contributed by atoms with E-state index < -0.39 is 0 Å². The third-order valence-electron chi connectivity index (χ3n) is 2.38. The Labute approximate surface area is 85.0 Å². The van der Waals surface area contributed by atoms with Gasteiger partial charge in [-0.25, -0.2) is 9.78 Å². The van der Waals surface area contributed by atoms with Crippen molar-refractivity contribution in [3.05, 3.63) is 53.0 Å². The first-order valence-electron chi connectivity index (χ1n) is 4.63. The predicted octanol–water partition coefficient (Wildman–Crippen LogP) is 2.34. The number of hydrogen-bond donors (Lipinski definition) is 0. The summed E-state index contributed by atoms with van der Waals surface area (Å²) in [5, 5.41) is 1.75. The van der Waals surface area contributed by atoms with Crippen molar-refractivity contribution in [1.29, 1.82) is 0 Å². The van der Waals surface area contributed by atoms with Gasteiger partial charge in [-0.1, -0.05) is 24.3 Å². The summed E-state index contributed by atoms with van der Waals surface area (Å²) in [5.41, 5.74) is 0.600. The first-order chi connectivity index (χ1) is 7.36. The van der Waals surface area contributed by atoms with Crippen molar-refractivity contribution in [2.24, 2.45) is 0 Å². The molecule has 0 aliphatic heterocycles. The van der Waals surface area contributed by atoms with E-state index in [0.29, 0.717) is 11.1 Å². The summed E-state index contributed by atoms with van der Waals surface area (Å²) in [6.45, 7) is 0. The summed E-state index contributed by atoms with van der Waals surface area (Å²) in [6.07, 6.45) is 1.59. The van der Waals surface area contributed by atoms with Crippen LogP contribution in [0.4, 0.5) is 0 Å². The molecule has 0 fully saturated rings. The van der Waals surface area contributed by atoms with Crippen LogP contribution in [0.3, 0.4) is 0 Å². The molecular formula is C12H7NO2. The molecule has 0 N–H and O–H groups in total. The van der Waals surface area contributed by atoms with Gasteiger partial charge in [0.25, 0.3) is 0 Å². The summed E-state index contributed by atoms with van der Waals surface area (Å²) in [4.78, 5) is 15.6. The highest BCUT2D eigenvalue weighted by atomic mass is 16.4. The van der Waals surface area contributed by atoms with E-state index >= 15 is 0 Å². The molecule has 0 spiro atoms. The average molecular weight is 197 g/mol. The van der Waals surface area contributed by atoms with Crippen molar-refractivity contribution < 1.29 is 4.42 Å². The van der Waals surface area contributed by atoms with Crippen LogP contribution in [-0.4, -0.2) is 4.98 Å². The third kappa shape index (κ3) is 1.13. The topological polar surface area (TPSA) is 43.1 Å². The molecule has 3 aromatic rings. The molecule has 0 saturated heterocycles. The highest BCUT2D eigenvalue weighted by molar-refractivity contribution is 6.02. The summed E-state index contributed by atoms with van der Waals surface area (Å²) in [6, 6.07) is 11.1. The SMILES string of the molecule is O=c1oc2ccccc2c2cccnc12. The monoisotopic (exact) mass is 197 g/mol. The Kier molecular flexibility index (Phi) is 1.59. The maximum Gasteiger partial charge on any atom is 0.362 e. The molecular weight excluding hydrogens is 190 g/mol. The second-order valence-electron chi connectivity index (χ2n) is 3.29. The molecule has 3 heteroatoms. The van der Waals surface area contributed by atoms with Gasteiger partial charge in [0.15, 0.2) is 5.52 Å². The van der Waals surface area contributed by atoms with Crippen LogP contribution in [0.15, 0.2) is 51.8 Å². The number of benzene rings is 1. The lowest BCUT2D eigenvalue weighted by molar-refractivity contribution is 0.568. The molecule has 15 heavy (non-hydrogen) atoms. The van der Waals surface area contributed by atoms with Crippen molar-refractivity contribution in [3.8, 4) is 0 Å². The van der Waals surface area contributed by atoms with Crippen molar-refractivity contribution in [3.63, 3.8) is 0 Å². The minimum atomic E-state index is -0.385. The van der Waals surface area contributed by atoms with Gasteiger partial charge in [0.1, 0.15) is 5.58 Å². The molecule has 0 bridgehead atoms. The van der Waals surface area contributed by atoms with Crippen LogP contribution >= 0.6 is 0 Å². The molecule has 72 valence electrons. The molecule has 2 heterocycles. The van der Waals surface area contributed by atoms with Crippen molar-refractivity contribution in [2.45, 2.75) is 0 Å². The van der Waals surface area contributed by atoms with Gasteiger partial charge in [-0.05, 0) is 12.1 Å². The molecule has 0 unspecified atom stereocenters. The van der Waals surface area contributed by atoms with Crippen LogP contribution in [0.5, 0.6) is 0 Å². The van der Waals surface area contributed by atoms with Gasteiger partial charge in [-0.2, -0.15) is 0 Å². The molecule has 0 aliphatic carbocycles. The number of hydrogen-bond acceptors (Lipinski definition) is 3. The van der Waals surface area contributed by atoms with Gasteiger partial charge in [0.05, 0.1) is 0 Å². The van der Waals surface area contributed by atoms with Crippen LogP contribution in [0.25, 0.3) is 21.9 Å². The Morgan fingerprint density at radius 3 is 2.73 bits per heavy atom. The van der Waals surface area contributed by atoms with Gasteiger partial charge in [-0.15, -0.1) is 0 Å². The second kappa shape index (κ2) is 2.92. The number of para-hydroxylation sites is 1. The predicted molar refractivity (Wildman–Crippen MR) is 57.8 cm³/mol. The zero-order chi connectivity index (χ0) is 10.3. The zero-order valence-corrected chi connectivity index (χ0v) is 7.81. The van der Waals surface area contributed by atoms with Crippen LogP contribution in [0, 0.1) is 0 Å². The quantitative estimate of drug-likeness (QED) is 0.410. The highest BCUT2D eigenvalue weighted by Crippen LogP contribution is 2.20. The van der Waals surface area contributed by atoms with E-state index in [4.69, 9.17) is 4.42 Å². The molecule has 3 nitrogen and oxygen atoms in total. The van der Waals surface area contributed by atoms with Crippen LogP contribution in [0.2, 0.25) is 0 Å². The van der Waals surface area contributed by atoms with E-state index in [9.17, 15) is 4.79 Å². The van der Waals surface area contributed by atoms with Crippen LogP contribution < -0.4 is 5.63 Å². The maximum atomic E-state index is 11.6. The van der Waals surface area contributed by atoms with Gasteiger partial charge in [0.2, 0.25) is 0 Å². The second-order valence-corrected chi connectivity index (χ2v) is 3.29. The molecule has 0 aliphatic rings. The molecule has 0 saturated carbocycles. The van der Waals surface area contributed by atoms with Crippen molar-refractivity contribution >= 4 is 21.9 Å². The first-order valence-corrected chi connectivity index (χ1v) is 4.63. The van der Waals surface area contributed by atoms with E-state index in [0.717, 1.165) is 10.8 Å². The minimum absolute atomic E-state index is 0.385. The lowest BCUT2D eigenvalue weighted by atomic mass is 10.1.